The van der Waals surface area contributed by atoms with Gasteiger partial charge in [0.25, 0.3) is 11.6 Å². The van der Waals surface area contributed by atoms with Crippen molar-refractivity contribution >= 4 is 17.3 Å². The van der Waals surface area contributed by atoms with Gasteiger partial charge >= 0.3 is 0 Å². The van der Waals surface area contributed by atoms with Crippen LogP contribution in [0.25, 0.3) is 0 Å². The van der Waals surface area contributed by atoms with Gasteiger partial charge in [0.2, 0.25) is 0 Å². The zero-order chi connectivity index (χ0) is 19.3. The number of nitro benzene ring substituents is 1. The molecule has 1 amide bonds. The lowest BCUT2D eigenvalue weighted by Gasteiger charge is -2.43. The number of benzene rings is 1. The Morgan fingerprint density at radius 2 is 2.00 bits per heavy atom. The van der Waals surface area contributed by atoms with E-state index in [1.165, 1.54) is 6.07 Å². The smallest absolute Gasteiger partial charge is 0.293 e. The van der Waals surface area contributed by atoms with Crippen LogP contribution in [-0.4, -0.2) is 61.2 Å². The molecule has 0 atom stereocenters. The van der Waals surface area contributed by atoms with E-state index in [0.29, 0.717) is 25.4 Å². The van der Waals surface area contributed by atoms with Gasteiger partial charge in [0.15, 0.2) is 0 Å². The van der Waals surface area contributed by atoms with Crippen LogP contribution in [0.1, 0.15) is 37.0 Å². The molecule has 1 heterocycles. The summed E-state index contributed by atoms with van der Waals surface area (Å²) >= 11 is 0. The van der Waals surface area contributed by atoms with Crippen molar-refractivity contribution in [2.75, 3.05) is 39.2 Å². The molecule has 144 valence electrons. The largest absolute Gasteiger partial charge is 0.381 e. The summed E-state index contributed by atoms with van der Waals surface area (Å²) in [5, 5.41) is 17.5. The Labute approximate surface area is 154 Å². The standard InChI is InChI=1S/C18H28N4O4/c1-13(2)20-17(23)14-5-6-15(16(11-14)22(24)25)19-12-18(21(3)4)7-9-26-10-8-18/h5-6,11,13,19H,7-10,12H2,1-4H3,(H,20,23). The molecule has 0 aliphatic carbocycles. The van der Waals surface area contributed by atoms with Gasteiger partial charge in [0.05, 0.1) is 4.92 Å². The maximum absolute atomic E-state index is 12.1. The minimum absolute atomic E-state index is 0.0344. The average molecular weight is 364 g/mol. The molecular weight excluding hydrogens is 336 g/mol. The molecule has 1 aromatic carbocycles. The lowest BCUT2D eigenvalue weighted by atomic mass is 9.88. The Morgan fingerprint density at radius 3 is 2.54 bits per heavy atom. The number of carbonyl (C=O) groups excluding carboxylic acids is 1. The Morgan fingerprint density at radius 1 is 1.35 bits per heavy atom. The van der Waals surface area contributed by atoms with Crippen LogP contribution in [0.15, 0.2) is 18.2 Å². The van der Waals surface area contributed by atoms with Crippen molar-refractivity contribution in [3.8, 4) is 0 Å². The highest BCUT2D eigenvalue weighted by Crippen LogP contribution is 2.30. The lowest BCUT2D eigenvalue weighted by Crippen LogP contribution is -2.53. The van der Waals surface area contributed by atoms with Crippen LogP contribution < -0.4 is 10.6 Å². The molecule has 1 aliphatic rings. The van der Waals surface area contributed by atoms with E-state index >= 15 is 0 Å². The third-order valence-electron chi connectivity index (χ3n) is 4.86. The van der Waals surface area contributed by atoms with Crippen molar-refractivity contribution in [1.29, 1.82) is 0 Å². The van der Waals surface area contributed by atoms with Gasteiger partial charge in [-0.15, -0.1) is 0 Å². The van der Waals surface area contributed by atoms with E-state index < -0.39 is 4.92 Å². The molecule has 1 fully saturated rings. The summed E-state index contributed by atoms with van der Waals surface area (Å²) in [7, 11) is 4.03. The summed E-state index contributed by atoms with van der Waals surface area (Å²) in [6.45, 7) is 5.61. The molecular formula is C18H28N4O4. The number of carbonyl (C=O) groups is 1. The zero-order valence-electron chi connectivity index (χ0n) is 15.9. The molecule has 8 nitrogen and oxygen atoms in total. The topological polar surface area (TPSA) is 96.7 Å². The molecule has 0 radical (unpaired) electrons. The first kappa shape index (κ1) is 20.1. The predicted molar refractivity (Wildman–Crippen MR) is 101 cm³/mol. The molecule has 2 N–H and O–H groups in total. The van der Waals surface area contributed by atoms with Crippen molar-refractivity contribution in [2.24, 2.45) is 0 Å². The van der Waals surface area contributed by atoms with Crippen molar-refractivity contribution < 1.29 is 14.5 Å². The van der Waals surface area contributed by atoms with E-state index in [1.807, 2.05) is 27.9 Å². The molecule has 0 saturated carbocycles. The second kappa shape index (κ2) is 8.46. The quantitative estimate of drug-likeness (QED) is 0.569. The van der Waals surface area contributed by atoms with E-state index in [-0.39, 0.29) is 28.7 Å². The van der Waals surface area contributed by atoms with Gasteiger partial charge in [-0.1, -0.05) is 0 Å². The summed E-state index contributed by atoms with van der Waals surface area (Å²) in [4.78, 5) is 25.3. The number of hydrogen-bond acceptors (Lipinski definition) is 6. The van der Waals surface area contributed by atoms with Crippen molar-refractivity contribution in [3.05, 3.63) is 33.9 Å². The van der Waals surface area contributed by atoms with E-state index in [4.69, 9.17) is 4.74 Å². The predicted octanol–water partition coefficient (Wildman–Crippen LogP) is 2.26. The number of amides is 1. The molecule has 2 rings (SSSR count). The van der Waals surface area contributed by atoms with Gasteiger partial charge in [-0.2, -0.15) is 0 Å². The third-order valence-corrected chi connectivity index (χ3v) is 4.86. The van der Waals surface area contributed by atoms with Crippen LogP contribution >= 0.6 is 0 Å². The zero-order valence-corrected chi connectivity index (χ0v) is 15.9. The van der Waals surface area contributed by atoms with E-state index in [2.05, 4.69) is 15.5 Å². The first-order chi connectivity index (χ1) is 12.2. The highest BCUT2D eigenvalue weighted by atomic mass is 16.6. The van der Waals surface area contributed by atoms with Gasteiger partial charge in [0.1, 0.15) is 5.69 Å². The number of nitro groups is 1. The molecule has 1 saturated heterocycles. The fourth-order valence-electron chi connectivity index (χ4n) is 3.11. The Hall–Kier alpha value is -2.19. The van der Waals surface area contributed by atoms with Gasteiger partial charge < -0.3 is 20.3 Å². The average Bonchev–Trinajstić information content (AvgIpc) is 2.59. The number of hydrogen-bond donors (Lipinski definition) is 2. The number of nitrogens with one attached hydrogen (secondary N) is 2. The summed E-state index contributed by atoms with van der Waals surface area (Å²) in [5.74, 6) is -0.316. The van der Waals surface area contributed by atoms with Crippen LogP contribution in [0.4, 0.5) is 11.4 Å². The molecule has 1 aromatic rings. The van der Waals surface area contributed by atoms with E-state index in [0.717, 1.165) is 12.8 Å². The summed E-state index contributed by atoms with van der Waals surface area (Å²) in [5.41, 5.74) is 0.496. The maximum atomic E-state index is 12.1. The minimum Gasteiger partial charge on any atom is -0.381 e. The Kier molecular flexibility index (Phi) is 6.55. The number of likely N-dealkylation sites (N-methyl/N-ethyl adjacent to an activating group) is 1. The first-order valence-corrected chi connectivity index (χ1v) is 8.83. The van der Waals surface area contributed by atoms with E-state index in [1.54, 1.807) is 12.1 Å². The van der Waals surface area contributed by atoms with Crippen LogP contribution in [0.5, 0.6) is 0 Å². The SMILES string of the molecule is CC(C)NC(=O)c1ccc(NCC2(N(C)C)CCOCC2)c([N+](=O)[O-])c1. The first-order valence-electron chi connectivity index (χ1n) is 8.83. The number of rotatable bonds is 7. The Balaban J connectivity index is 2.20. The van der Waals surface area contributed by atoms with Crippen molar-refractivity contribution in [2.45, 2.75) is 38.3 Å². The number of ether oxygens (including phenoxy) is 1. The normalized spacial score (nSPS) is 16.5. The summed E-state index contributed by atoms with van der Waals surface area (Å²) < 4.78 is 5.46. The van der Waals surface area contributed by atoms with Crippen LogP contribution in [0, 0.1) is 10.1 Å². The van der Waals surface area contributed by atoms with Gasteiger partial charge in [-0.05, 0) is 52.9 Å². The fraction of sp³-hybridized carbons (Fsp3) is 0.611. The maximum Gasteiger partial charge on any atom is 0.293 e. The molecule has 1 aliphatic heterocycles. The summed E-state index contributed by atoms with van der Waals surface area (Å²) in [6, 6.07) is 4.51. The second-order valence-corrected chi connectivity index (χ2v) is 7.20. The molecule has 0 unspecified atom stereocenters. The molecule has 0 bridgehead atoms. The summed E-state index contributed by atoms with van der Waals surface area (Å²) in [6.07, 6.45) is 1.71. The van der Waals surface area contributed by atoms with Crippen molar-refractivity contribution in [1.82, 2.24) is 10.2 Å². The van der Waals surface area contributed by atoms with Crippen molar-refractivity contribution in [3.63, 3.8) is 0 Å². The molecule has 0 aromatic heterocycles. The monoisotopic (exact) mass is 364 g/mol. The highest BCUT2D eigenvalue weighted by Gasteiger charge is 2.35. The number of nitrogens with zero attached hydrogens (tertiary/aromatic N) is 2. The van der Waals surface area contributed by atoms with Gasteiger partial charge in [-0.25, -0.2) is 0 Å². The van der Waals surface area contributed by atoms with Crippen LogP contribution in [-0.2, 0) is 4.74 Å². The fourth-order valence-corrected chi connectivity index (χ4v) is 3.11. The second-order valence-electron chi connectivity index (χ2n) is 7.20. The molecule has 8 heteroatoms. The highest BCUT2D eigenvalue weighted by molar-refractivity contribution is 5.95. The lowest BCUT2D eigenvalue weighted by molar-refractivity contribution is -0.384. The Bertz CT molecular complexity index is 655. The molecule has 0 spiro atoms. The number of anilines is 1. The van der Waals surface area contributed by atoms with Gasteiger partial charge in [-0.3, -0.25) is 14.9 Å². The minimum atomic E-state index is -0.458. The third kappa shape index (κ3) is 4.70. The van der Waals surface area contributed by atoms with E-state index in [9.17, 15) is 14.9 Å². The van der Waals surface area contributed by atoms with Crippen LogP contribution in [0.2, 0.25) is 0 Å². The van der Waals surface area contributed by atoms with Gasteiger partial charge in [0, 0.05) is 43.0 Å². The van der Waals surface area contributed by atoms with Crippen LogP contribution in [0.3, 0.4) is 0 Å². The molecule has 26 heavy (non-hydrogen) atoms.